The van der Waals surface area contributed by atoms with E-state index < -0.39 is 0 Å². The summed E-state index contributed by atoms with van der Waals surface area (Å²) in [6, 6.07) is 13.7. The second-order valence-electron chi connectivity index (χ2n) is 7.63. The third-order valence-electron chi connectivity index (χ3n) is 5.41. The molecule has 33 heavy (non-hydrogen) atoms. The van der Waals surface area contributed by atoms with E-state index in [0.717, 1.165) is 48.7 Å². The number of benzene rings is 2. The van der Waals surface area contributed by atoms with E-state index >= 15 is 0 Å². The Bertz CT molecular complexity index is 1020. The van der Waals surface area contributed by atoms with Gasteiger partial charge in [0.25, 0.3) is 0 Å². The van der Waals surface area contributed by atoms with E-state index in [9.17, 15) is 0 Å². The van der Waals surface area contributed by atoms with Crippen molar-refractivity contribution < 1.29 is 23.7 Å². The molecule has 1 aromatic heterocycles. The smallest absolute Gasteiger partial charge is 0.233 e. The monoisotopic (exact) mass is 455 g/mol. The van der Waals surface area contributed by atoms with Crippen molar-refractivity contribution in [3.05, 3.63) is 48.0 Å². The first-order chi connectivity index (χ1) is 16.1. The highest BCUT2D eigenvalue weighted by atomic mass is 16.5. The summed E-state index contributed by atoms with van der Waals surface area (Å²) in [5.74, 6) is 3.44. The summed E-state index contributed by atoms with van der Waals surface area (Å²) in [5.41, 5.74) is 3.03. The van der Waals surface area contributed by atoms with Crippen LogP contribution in [0.3, 0.4) is 0 Å². The lowest BCUT2D eigenvalue weighted by atomic mass is 10.1. The number of aromatic nitrogens is 2. The average Bonchev–Trinajstić information content (AvgIpc) is 3.33. The van der Waals surface area contributed by atoms with Crippen molar-refractivity contribution in [3.8, 4) is 40.1 Å². The zero-order chi connectivity index (χ0) is 23.6. The van der Waals surface area contributed by atoms with Crippen LogP contribution in [-0.2, 0) is 6.42 Å². The molecule has 0 aliphatic rings. The van der Waals surface area contributed by atoms with Crippen LogP contribution in [0.5, 0.6) is 28.9 Å². The first-order valence-corrected chi connectivity index (χ1v) is 10.9. The molecular weight excluding hydrogens is 422 g/mol. The Morgan fingerprint density at radius 3 is 2.15 bits per heavy atom. The van der Waals surface area contributed by atoms with Crippen LogP contribution in [0.15, 0.2) is 42.5 Å². The number of methoxy groups -OCH3 is 4. The number of aromatic amines is 1. The summed E-state index contributed by atoms with van der Waals surface area (Å²) in [6.07, 6.45) is 1.84. The molecule has 3 aromatic rings. The fourth-order valence-electron chi connectivity index (χ4n) is 3.51. The molecule has 3 rings (SSSR count). The Kier molecular flexibility index (Phi) is 8.83. The van der Waals surface area contributed by atoms with Gasteiger partial charge in [0.15, 0.2) is 23.0 Å². The van der Waals surface area contributed by atoms with Crippen LogP contribution < -0.4 is 23.7 Å². The zero-order valence-corrected chi connectivity index (χ0v) is 20.0. The number of ether oxygens (including phenoxy) is 5. The van der Waals surface area contributed by atoms with Crippen molar-refractivity contribution in [1.29, 1.82) is 0 Å². The minimum Gasteiger partial charge on any atom is -0.493 e. The second-order valence-corrected chi connectivity index (χ2v) is 7.63. The number of hydrogen-bond donors (Lipinski definition) is 1. The number of H-pyrrole nitrogens is 1. The Hall–Kier alpha value is -3.39. The van der Waals surface area contributed by atoms with E-state index in [1.54, 1.807) is 28.4 Å². The standard InChI is InChI=1S/C25H33N3O5/c1-28(13-11-18-7-9-21(29-2)23(15-18)31-4)12-6-14-33-25-17-20(26-27-25)19-8-10-22(30-3)24(16-19)32-5/h7-10,15-17H,6,11-14H2,1-5H3,(H,26,27). The quantitative estimate of drug-likeness (QED) is 0.390. The number of nitrogens with zero attached hydrogens (tertiary/aromatic N) is 2. The number of rotatable bonds is 13. The van der Waals surface area contributed by atoms with Crippen LogP contribution in [-0.4, -0.2) is 70.3 Å². The SMILES string of the molecule is COc1ccc(CCN(C)CCCOc2cc(-c3ccc(OC)c(OC)c3)[nH]n2)cc1OC. The van der Waals surface area contributed by atoms with Crippen molar-refractivity contribution in [2.75, 3.05) is 55.2 Å². The van der Waals surface area contributed by atoms with Gasteiger partial charge in [-0.1, -0.05) is 6.07 Å². The summed E-state index contributed by atoms with van der Waals surface area (Å²) in [4.78, 5) is 2.29. The van der Waals surface area contributed by atoms with Gasteiger partial charge in [-0.15, -0.1) is 5.10 Å². The highest BCUT2D eigenvalue weighted by Crippen LogP contribution is 2.32. The minimum atomic E-state index is 0.577. The molecule has 178 valence electrons. The van der Waals surface area contributed by atoms with Gasteiger partial charge in [0.2, 0.25) is 5.88 Å². The van der Waals surface area contributed by atoms with Crippen LogP contribution in [0.1, 0.15) is 12.0 Å². The molecule has 0 spiro atoms. The van der Waals surface area contributed by atoms with Gasteiger partial charge in [0, 0.05) is 24.7 Å². The third kappa shape index (κ3) is 6.55. The molecule has 8 heteroatoms. The van der Waals surface area contributed by atoms with Crippen molar-refractivity contribution in [2.24, 2.45) is 0 Å². The van der Waals surface area contributed by atoms with Crippen LogP contribution in [0.4, 0.5) is 0 Å². The highest BCUT2D eigenvalue weighted by Gasteiger charge is 2.10. The average molecular weight is 456 g/mol. The van der Waals surface area contributed by atoms with E-state index in [2.05, 4.69) is 28.2 Å². The lowest BCUT2D eigenvalue weighted by Gasteiger charge is -2.17. The molecule has 0 aliphatic heterocycles. The van der Waals surface area contributed by atoms with Crippen molar-refractivity contribution in [2.45, 2.75) is 12.8 Å². The van der Waals surface area contributed by atoms with Gasteiger partial charge < -0.3 is 28.6 Å². The fraction of sp³-hybridized carbons (Fsp3) is 0.400. The molecule has 0 fully saturated rings. The van der Waals surface area contributed by atoms with Crippen LogP contribution >= 0.6 is 0 Å². The third-order valence-corrected chi connectivity index (χ3v) is 5.41. The Labute approximate surface area is 195 Å². The van der Waals surface area contributed by atoms with Gasteiger partial charge in [0.1, 0.15) is 0 Å². The zero-order valence-electron chi connectivity index (χ0n) is 20.0. The molecule has 1 N–H and O–H groups in total. The minimum absolute atomic E-state index is 0.577. The van der Waals surface area contributed by atoms with Gasteiger partial charge in [-0.2, -0.15) is 0 Å². The van der Waals surface area contributed by atoms with Gasteiger partial charge >= 0.3 is 0 Å². The first kappa shape index (κ1) is 24.3. The maximum Gasteiger partial charge on any atom is 0.233 e. The molecule has 2 aromatic carbocycles. The first-order valence-electron chi connectivity index (χ1n) is 10.9. The molecule has 0 unspecified atom stereocenters. The molecule has 0 amide bonds. The number of hydrogen-bond acceptors (Lipinski definition) is 7. The van der Waals surface area contributed by atoms with Crippen molar-refractivity contribution >= 4 is 0 Å². The van der Waals surface area contributed by atoms with Gasteiger partial charge in [-0.05, 0) is 55.8 Å². The molecular formula is C25H33N3O5. The van der Waals surface area contributed by atoms with Crippen LogP contribution in [0.25, 0.3) is 11.3 Å². The lowest BCUT2D eigenvalue weighted by molar-refractivity contribution is 0.257. The predicted octanol–water partition coefficient (Wildman–Crippen LogP) is 4.05. The normalized spacial score (nSPS) is 10.8. The van der Waals surface area contributed by atoms with E-state index in [1.165, 1.54) is 5.56 Å². The van der Waals surface area contributed by atoms with E-state index in [4.69, 9.17) is 23.7 Å². The Balaban J connectivity index is 1.42. The topological polar surface area (TPSA) is 78.1 Å². The molecule has 0 bridgehead atoms. The Morgan fingerprint density at radius 1 is 0.788 bits per heavy atom. The number of nitrogens with one attached hydrogen (secondary N) is 1. The number of likely N-dealkylation sites (N-methyl/N-ethyl adjacent to an activating group) is 1. The summed E-state index contributed by atoms with van der Waals surface area (Å²) in [5, 5.41) is 7.27. The van der Waals surface area contributed by atoms with E-state index in [0.29, 0.717) is 24.0 Å². The largest absolute Gasteiger partial charge is 0.493 e. The Morgan fingerprint density at radius 2 is 1.45 bits per heavy atom. The lowest BCUT2D eigenvalue weighted by Crippen LogP contribution is -2.23. The van der Waals surface area contributed by atoms with E-state index in [-0.39, 0.29) is 0 Å². The maximum atomic E-state index is 5.82. The van der Waals surface area contributed by atoms with Crippen molar-refractivity contribution in [3.63, 3.8) is 0 Å². The van der Waals surface area contributed by atoms with Gasteiger partial charge in [-0.25, -0.2) is 0 Å². The summed E-state index contributed by atoms with van der Waals surface area (Å²) >= 11 is 0. The predicted molar refractivity (Wildman–Crippen MR) is 128 cm³/mol. The summed E-state index contributed by atoms with van der Waals surface area (Å²) in [6.45, 7) is 2.47. The highest BCUT2D eigenvalue weighted by molar-refractivity contribution is 5.64. The van der Waals surface area contributed by atoms with Crippen LogP contribution in [0, 0.1) is 0 Å². The molecule has 0 atom stereocenters. The maximum absolute atomic E-state index is 5.82. The fourth-order valence-corrected chi connectivity index (χ4v) is 3.51. The molecule has 8 nitrogen and oxygen atoms in total. The summed E-state index contributed by atoms with van der Waals surface area (Å²) < 4.78 is 27.2. The molecule has 0 saturated heterocycles. The van der Waals surface area contributed by atoms with E-state index in [1.807, 2.05) is 36.4 Å². The van der Waals surface area contributed by atoms with Crippen LogP contribution in [0.2, 0.25) is 0 Å². The van der Waals surface area contributed by atoms with Gasteiger partial charge in [0.05, 0.1) is 40.7 Å². The van der Waals surface area contributed by atoms with Gasteiger partial charge in [-0.3, -0.25) is 5.10 Å². The van der Waals surface area contributed by atoms with Crippen molar-refractivity contribution in [1.82, 2.24) is 15.1 Å². The molecule has 0 radical (unpaired) electrons. The molecule has 0 aliphatic carbocycles. The molecule has 1 heterocycles. The molecule has 0 saturated carbocycles. The summed E-state index contributed by atoms with van der Waals surface area (Å²) in [7, 11) is 8.66. The second kappa shape index (κ2) is 12.0.